The molecule has 0 aliphatic rings. The molecule has 0 rings (SSSR count). The average Bonchev–Trinajstić information content (AvgIpc) is 1.98. The summed E-state index contributed by atoms with van der Waals surface area (Å²) in [5.74, 6) is -1.33. The molecule has 0 saturated heterocycles. The van der Waals surface area contributed by atoms with Crippen LogP contribution in [-0.2, 0) is 14.3 Å². The fraction of sp³-hybridized carbons (Fsp3) is 0.556. The normalized spacial score (nSPS) is 11.9. The maximum absolute atomic E-state index is 11.0. The first-order valence-corrected chi connectivity index (χ1v) is 3.71. The molecular formula is C9H14O3. The molecule has 0 aromatic heterocycles. The summed E-state index contributed by atoms with van der Waals surface area (Å²) in [4.78, 5) is 21.9. The third-order valence-electron chi connectivity index (χ3n) is 1.53. The van der Waals surface area contributed by atoms with Gasteiger partial charge in [0.2, 0.25) is 0 Å². The minimum atomic E-state index is -0.674. The van der Waals surface area contributed by atoms with Crippen molar-refractivity contribution in [2.75, 3.05) is 7.11 Å². The zero-order valence-electron chi connectivity index (χ0n) is 7.72. The van der Waals surface area contributed by atoms with Crippen LogP contribution in [0.25, 0.3) is 0 Å². The topological polar surface area (TPSA) is 43.4 Å². The molecule has 3 nitrogen and oxygen atoms in total. The minimum Gasteiger partial charge on any atom is -0.468 e. The van der Waals surface area contributed by atoms with Gasteiger partial charge in [0, 0.05) is 0 Å². The summed E-state index contributed by atoms with van der Waals surface area (Å²) in [6, 6.07) is 0. The summed E-state index contributed by atoms with van der Waals surface area (Å²) in [6.07, 6.45) is 0.377. The fourth-order valence-electron chi connectivity index (χ4n) is 0.884. The number of methoxy groups -OCH3 is 1. The number of ether oxygens (including phenoxy) is 1. The maximum Gasteiger partial charge on any atom is 0.316 e. The van der Waals surface area contributed by atoms with Crippen LogP contribution in [0.4, 0.5) is 0 Å². The predicted molar refractivity (Wildman–Crippen MR) is 45.6 cm³/mol. The van der Waals surface area contributed by atoms with Crippen LogP contribution in [0.5, 0.6) is 0 Å². The summed E-state index contributed by atoms with van der Waals surface area (Å²) < 4.78 is 4.47. The van der Waals surface area contributed by atoms with Crippen LogP contribution in [-0.4, -0.2) is 18.9 Å². The van der Waals surface area contributed by atoms with Crippen molar-refractivity contribution in [2.45, 2.75) is 20.3 Å². The molecule has 68 valence electrons. The molecule has 0 fully saturated rings. The second-order valence-electron chi connectivity index (χ2n) is 2.85. The number of carbonyl (C=O) groups excluding carboxylic acids is 2. The van der Waals surface area contributed by atoms with Crippen LogP contribution in [0.3, 0.4) is 0 Å². The van der Waals surface area contributed by atoms with E-state index in [1.165, 1.54) is 14.0 Å². The van der Waals surface area contributed by atoms with Gasteiger partial charge in [-0.05, 0) is 20.3 Å². The fourth-order valence-corrected chi connectivity index (χ4v) is 0.884. The highest BCUT2D eigenvalue weighted by Crippen LogP contribution is 2.12. The van der Waals surface area contributed by atoms with E-state index in [-0.39, 0.29) is 5.78 Å². The van der Waals surface area contributed by atoms with Crippen molar-refractivity contribution in [3.8, 4) is 0 Å². The van der Waals surface area contributed by atoms with Crippen LogP contribution in [0, 0.1) is 5.92 Å². The molecule has 0 aromatic carbocycles. The summed E-state index contributed by atoms with van der Waals surface area (Å²) in [7, 11) is 1.27. The lowest BCUT2D eigenvalue weighted by Crippen LogP contribution is -2.23. The van der Waals surface area contributed by atoms with E-state index in [0.717, 1.165) is 5.57 Å². The first-order chi connectivity index (χ1) is 5.49. The first-order valence-electron chi connectivity index (χ1n) is 3.71. The number of esters is 1. The van der Waals surface area contributed by atoms with Gasteiger partial charge in [-0.1, -0.05) is 5.57 Å². The molecule has 0 N–H and O–H groups in total. The third kappa shape index (κ3) is 3.32. The largest absolute Gasteiger partial charge is 0.468 e. The van der Waals surface area contributed by atoms with Crippen LogP contribution in [0.15, 0.2) is 12.2 Å². The van der Waals surface area contributed by atoms with Gasteiger partial charge in [0.1, 0.15) is 11.7 Å². The Bertz CT molecular complexity index is 206. The molecule has 0 aliphatic carbocycles. The first kappa shape index (κ1) is 10.9. The highest BCUT2D eigenvalue weighted by atomic mass is 16.5. The lowest BCUT2D eigenvalue weighted by molar-refractivity contribution is -0.148. The number of ketones is 1. The molecule has 12 heavy (non-hydrogen) atoms. The lowest BCUT2D eigenvalue weighted by atomic mass is 9.98. The third-order valence-corrected chi connectivity index (χ3v) is 1.53. The quantitative estimate of drug-likeness (QED) is 0.363. The van der Waals surface area contributed by atoms with Gasteiger partial charge in [0.15, 0.2) is 0 Å². The smallest absolute Gasteiger partial charge is 0.316 e. The van der Waals surface area contributed by atoms with Gasteiger partial charge in [-0.3, -0.25) is 9.59 Å². The van der Waals surface area contributed by atoms with E-state index in [0.29, 0.717) is 6.42 Å². The van der Waals surface area contributed by atoms with Crippen molar-refractivity contribution in [2.24, 2.45) is 5.92 Å². The van der Waals surface area contributed by atoms with Crippen molar-refractivity contribution in [1.82, 2.24) is 0 Å². The van der Waals surface area contributed by atoms with Crippen molar-refractivity contribution in [3.05, 3.63) is 12.2 Å². The zero-order chi connectivity index (χ0) is 9.72. The second-order valence-corrected chi connectivity index (χ2v) is 2.85. The van der Waals surface area contributed by atoms with Crippen LogP contribution < -0.4 is 0 Å². The van der Waals surface area contributed by atoms with Crippen molar-refractivity contribution < 1.29 is 14.3 Å². The van der Waals surface area contributed by atoms with E-state index < -0.39 is 11.9 Å². The standard InChI is InChI=1S/C9H14O3/c1-6(2)5-8(7(3)10)9(11)12-4/h8H,1,5H2,2-4H3/t8-/m0/s1. The van der Waals surface area contributed by atoms with E-state index in [9.17, 15) is 9.59 Å². The van der Waals surface area contributed by atoms with Gasteiger partial charge in [0.05, 0.1) is 7.11 Å². The lowest BCUT2D eigenvalue weighted by Gasteiger charge is -2.10. The average molecular weight is 170 g/mol. The van der Waals surface area contributed by atoms with Crippen LogP contribution >= 0.6 is 0 Å². The van der Waals surface area contributed by atoms with Gasteiger partial charge >= 0.3 is 5.97 Å². The van der Waals surface area contributed by atoms with Crippen molar-refractivity contribution in [1.29, 1.82) is 0 Å². The summed E-state index contributed by atoms with van der Waals surface area (Å²) >= 11 is 0. The van der Waals surface area contributed by atoms with E-state index in [2.05, 4.69) is 11.3 Å². The Labute approximate surface area is 72.4 Å². The monoisotopic (exact) mass is 170 g/mol. The molecule has 0 aromatic rings. The molecule has 0 saturated carbocycles. The molecule has 0 amide bonds. The number of hydrogen-bond donors (Lipinski definition) is 0. The SMILES string of the molecule is C=C(C)C[C@@H](C(C)=O)C(=O)OC. The Hall–Kier alpha value is -1.12. The van der Waals surface area contributed by atoms with Crippen LogP contribution in [0.1, 0.15) is 20.3 Å². The number of Topliss-reactive ketones (excluding diaryl/α,β-unsaturated/α-hetero) is 1. The molecule has 0 heterocycles. The molecule has 0 spiro atoms. The van der Waals surface area contributed by atoms with Crippen LogP contribution in [0.2, 0.25) is 0 Å². The van der Waals surface area contributed by atoms with Gasteiger partial charge < -0.3 is 4.74 Å². The maximum atomic E-state index is 11.0. The van der Waals surface area contributed by atoms with Gasteiger partial charge in [0.25, 0.3) is 0 Å². The van der Waals surface area contributed by atoms with E-state index in [1.807, 2.05) is 0 Å². The van der Waals surface area contributed by atoms with Gasteiger partial charge in [-0.15, -0.1) is 6.58 Å². The molecule has 0 aliphatic heterocycles. The van der Waals surface area contributed by atoms with E-state index in [1.54, 1.807) is 6.92 Å². The molecule has 3 heteroatoms. The Morgan fingerprint density at radius 3 is 2.17 bits per heavy atom. The number of allylic oxidation sites excluding steroid dienone is 1. The van der Waals surface area contributed by atoms with Crippen molar-refractivity contribution in [3.63, 3.8) is 0 Å². The predicted octanol–water partition coefficient (Wildman–Crippen LogP) is 1.33. The molecule has 0 unspecified atom stereocenters. The second kappa shape index (κ2) is 4.70. The highest BCUT2D eigenvalue weighted by Gasteiger charge is 2.23. The number of hydrogen-bond acceptors (Lipinski definition) is 3. The van der Waals surface area contributed by atoms with E-state index >= 15 is 0 Å². The molecule has 0 bridgehead atoms. The van der Waals surface area contributed by atoms with Gasteiger partial charge in [-0.2, -0.15) is 0 Å². The number of carbonyl (C=O) groups is 2. The summed E-state index contributed by atoms with van der Waals surface area (Å²) in [5.41, 5.74) is 0.806. The molecule has 0 radical (unpaired) electrons. The summed E-state index contributed by atoms with van der Waals surface area (Å²) in [6.45, 7) is 6.79. The minimum absolute atomic E-state index is 0.176. The Kier molecular flexibility index (Phi) is 4.26. The highest BCUT2D eigenvalue weighted by molar-refractivity contribution is 5.97. The van der Waals surface area contributed by atoms with Crippen molar-refractivity contribution >= 4 is 11.8 Å². The Morgan fingerprint density at radius 2 is 1.92 bits per heavy atom. The molecule has 1 atom stereocenters. The number of rotatable bonds is 4. The Balaban J connectivity index is 4.33. The summed E-state index contributed by atoms with van der Waals surface area (Å²) in [5, 5.41) is 0. The molecular weight excluding hydrogens is 156 g/mol. The van der Waals surface area contributed by atoms with E-state index in [4.69, 9.17) is 0 Å². The zero-order valence-corrected chi connectivity index (χ0v) is 7.72. The van der Waals surface area contributed by atoms with Gasteiger partial charge in [-0.25, -0.2) is 0 Å². The Morgan fingerprint density at radius 1 is 1.42 bits per heavy atom.